The van der Waals surface area contributed by atoms with E-state index in [9.17, 15) is 9.18 Å². The molecule has 8 nitrogen and oxygen atoms in total. The molecule has 0 radical (unpaired) electrons. The monoisotopic (exact) mass is 640 g/mol. The van der Waals surface area contributed by atoms with E-state index in [1.807, 2.05) is 39.0 Å². The third-order valence-electron chi connectivity index (χ3n) is 6.92. The Labute approximate surface area is 274 Å². The molecule has 2 heterocycles. The van der Waals surface area contributed by atoms with Gasteiger partial charge in [-0.25, -0.2) is 4.39 Å². The fourth-order valence-electron chi connectivity index (χ4n) is 4.67. The number of nitrogens with two attached hydrogens (primary N) is 1. The highest BCUT2D eigenvalue weighted by Gasteiger charge is 2.18. The number of fused-ring (bicyclic) bond motifs is 2. The highest BCUT2D eigenvalue weighted by molar-refractivity contribution is 5.74. The smallest absolute Gasteiger partial charge is 0.290 e. The quantitative estimate of drug-likeness (QED) is 0.266. The molecule has 3 aromatic carbocycles. The summed E-state index contributed by atoms with van der Waals surface area (Å²) in [6.07, 6.45) is 5.42. The second-order valence-corrected chi connectivity index (χ2v) is 11.9. The van der Waals surface area contributed by atoms with Crippen LogP contribution in [0.2, 0.25) is 0 Å². The molecular weight excluding hydrogens is 587 g/mol. The molecule has 0 fully saturated rings. The van der Waals surface area contributed by atoms with E-state index >= 15 is 0 Å². The van der Waals surface area contributed by atoms with Crippen molar-refractivity contribution in [1.29, 1.82) is 0 Å². The molecule has 0 unspecified atom stereocenters. The lowest BCUT2D eigenvalue weighted by atomic mass is 9.97. The number of hydrogen-bond donors (Lipinski definition) is 3. The first-order chi connectivity index (χ1) is 21.6. The summed E-state index contributed by atoms with van der Waals surface area (Å²) < 4.78 is 18.7. The standard InChI is InChI=1S/C12H17N.C11H13FO.C8H8O.C4H10O.CH3NO.CH2O2/c1-4-10-8-11-5-6-13(3)12(11)7-9(10)2;1-7-6-10(12)11-9(8(7)2)4-3-5-13-11;1-7-3-2-4-8(5-7)6-9;1-4(2,3)5;2*2-1-3/h7-8H,4-6H2,1-3H3;6H,3-5H2,1-2H3;2-6H,1H3;5H,1-3H3;1H,(H2,2,3);1H,(H,2,3). The number of carbonyl (C=O) groups excluding carboxylic acids is 2. The van der Waals surface area contributed by atoms with E-state index in [1.54, 1.807) is 32.9 Å². The number of carboxylic acid groups (broad SMARTS) is 1. The number of hydrogen-bond acceptors (Lipinski definition) is 6. The molecule has 2 aliphatic heterocycles. The van der Waals surface area contributed by atoms with Gasteiger partial charge in [0.2, 0.25) is 6.41 Å². The number of aliphatic hydroxyl groups is 1. The molecule has 1 amide bonds. The molecule has 3 aromatic rings. The van der Waals surface area contributed by atoms with Crippen LogP contribution in [-0.2, 0) is 28.9 Å². The van der Waals surface area contributed by atoms with Gasteiger partial charge in [0.1, 0.15) is 6.29 Å². The summed E-state index contributed by atoms with van der Waals surface area (Å²) in [7, 11) is 2.18. The van der Waals surface area contributed by atoms with Gasteiger partial charge in [0.05, 0.1) is 12.2 Å². The van der Waals surface area contributed by atoms with Crippen molar-refractivity contribution in [2.24, 2.45) is 5.73 Å². The van der Waals surface area contributed by atoms with Crippen molar-refractivity contribution in [3.8, 4) is 5.75 Å². The number of rotatable bonds is 2. The number of benzene rings is 3. The van der Waals surface area contributed by atoms with Crippen molar-refractivity contribution in [3.63, 3.8) is 0 Å². The summed E-state index contributed by atoms with van der Waals surface area (Å²) in [4.78, 5) is 29.5. The van der Waals surface area contributed by atoms with Gasteiger partial charge in [-0.1, -0.05) is 36.8 Å². The Hall–Kier alpha value is -4.24. The summed E-state index contributed by atoms with van der Waals surface area (Å²) in [5, 5.41) is 15.4. The van der Waals surface area contributed by atoms with Crippen molar-refractivity contribution in [2.75, 3.05) is 25.1 Å². The lowest BCUT2D eigenvalue weighted by Crippen LogP contribution is -2.12. The van der Waals surface area contributed by atoms with Gasteiger partial charge in [-0.15, -0.1) is 0 Å². The average Bonchev–Trinajstić information content (AvgIpc) is 3.35. The number of halogens is 1. The van der Waals surface area contributed by atoms with Gasteiger partial charge in [0, 0.05) is 30.4 Å². The molecular formula is C37H53FN2O6. The summed E-state index contributed by atoms with van der Waals surface area (Å²) in [5.41, 5.74) is 14.7. The Morgan fingerprint density at radius 3 is 2.09 bits per heavy atom. The van der Waals surface area contributed by atoms with Crippen LogP contribution in [-0.4, -0.2) is 55.2 Å². The number of carbonyl (C=O) groups is 3. The lowest BCUT2D eigenvalue weighted by molar-refractivity contribution is -0.122. The maximum atomic E-state index is 13.4. The Morgan fingerprint density at radius 1 is 1.00 bits per heavy atom. The third-order valence-corrected chi connectivity index (χ3v) is 6.92. The Balaban J connectivity index is 0.000000577. The van der Waals surface area contributed by atoms with Gasteiger partial charge in [0.25, 0.3) is 6.47 Å². The largest absolute Gasteiger partial charge is 0.490 e. The highest BCUT2D eigenvalue weighted by atomic mass is 19.1. The number of amides is 1. The van der Waals surface area contributed by atoms with Crippen molar-refractivity contribution in [3.05, 3.63) is 92.8 Å². The van der Waals surface area contributed by atoms with Crippen LogP contribution >= 0.6 is 0 Å². The Bertz CT molecular complexity index is 1370. The number of primary amides is 1. The zero-order valence-electron chi connectivity index (χ0n) is 28.9. The second-order valence-electron chi connectivity index (χ2n) is 11.9. The molecule has 0 saturated carbocycles. The molecule has 254 valence electrons. The molecule has 9 heteroatoms. The number of aryl methyl sites for hydroxylation is 4. The molecule has 5 rings (SSSR count). The molecule has 0 aromatic heterocycles. The van der Waals surface area contributed by atoms with Crippen LogP contribution in [0.3, 0.4) is 0 Å². The molecule has 0 spiro atoms. The molecule has 4 N–H and O–H groups in total. The van der Waals surface area contributed by atoms with Crippen LogP contribution in [0.5, 0.6) is 5.75 Å². The lowest BCUT2D eigenvalue weighted by Gasteiger charge is -2.20. The minimum atomic E-state index is -0.500. The fourth-order valence-corrected chi connectivity index (χ4v) is 4.67. The van der Waals surface area contributed by atoms with Crippen LogP contribution in [0.25, 0.3) is 0 Å². The minimum absolute atomic E-state index is 0.210. The second kappa shape index (κ2) is 21.5. The summed E-state index contributed by atoms with van der Waals surface area (Å²) in [6, 6.07) is 13.8. The summed E-state index contributed by atoms with van der Waals surface area (Å²) in [6.45, 7) is 17.2. The molecule has 0 aliphatic carbocycles. The molecule has 0 atom stereocenters. The number of nitrogens with zero attached hydrogens (tertiary/aromatic N) is 1. The van der Waals surface area contributed by atoms with Gasteiger partial charge < -0.3 is 25.6 Å². The van der Waals surface area contributed by atoms with E-state index in [-0.39, 0.29) is 18.7 Å². The van der Waals surface area contributed by atoms with Gasteiger partial charge in [-0.3, -0.25) is 14.4 Å². The highest BCUT2D eigenvalue weighted by Crippen LogP contribution is 2.32. The SMILES string of the molecule is CC(C)(C)O.CCc1cc2c(cc1C)N(C)CC2.Cc1cc(F)c2c(c1C)CCCO2.Cc1cccc(C=O)c1.NC=O.O=CO. The van der Waals surface area contributed by atoms with Crippen LogP contribution < -0.4 is 15.4 Å². The Kier molecular flexibility index (Phi) is 19.5. The molecule has 2 aliphatic rings. The predicted octanol–water partition coefficient (Wildman–Crippen LogP) is 6.70. The van der Waals surface area contributed by atoms with Gasteiger partial charge >= 0.3 is 0 Å². The first kappa shape index (κ1) is 41.8. The fraction of sp³-hybridized carbons (Fsp3) is 0.432. The van der Waals surface area contributed by atoms with Gasteiger partial charge in [-0.2, -0.15) is 0 Å². The number of likely N-dealkylation sites (N-methyl/N-ethyl adjacent to an activating group) is 1. The van der Waals surface area contributed by atoms with Crippen LogP contribution in [0.1, 0.15) is 83.4 Å². The number of ether oxygens (including phenoxy) is 1. The normalized spacial score (nSPS) is 12.0. The van der Waals surface area contributed by atoms with Crippen molar-refractivity contribution >= 4 is 24.9 Å². The maximum Gasteiger partial charge on any atom is 0.290 e. The zero-order valence-corrected chi connectivity index (χ0v) is 28.9. The third kappa shape index (κ3) is 15.7. The summed E-state index contributed by atoms with van der Waals surface area (Å²) >= 11 is 0. The van der Waals surface area contributed by atoms with Gasteiger partial charge in [0.15, 0.2) is 11.6 Å². The van der Waals surface area contributed by atoms with Crippen LogP contribution in [0.15, 0.2) is 42.5 Å². The number of anilines is 1. The van der Waals surface area contributed by atoms with Crippen molar-refractivity contribution in [2.45, 2.75) is 86.7 Å². The predicted molar refractivity (Wildman–Crippen MR) is 185 cm³/mol. The molecule has 46 heavy (non-hydrogen) atoms. The maximum absolute atomic E-state index is 13.4. The van der Waals surface area contributed by atoms with E-state index < -0.39 is 5.60 Å². The van der Waals surface area contributed by atoms with E-state index in [1.165, 1.54) is 40.9 Å². The average molecular weight is 641 g/mol. The van der Waals surface area contributed by atoms with E-state index in [0.717, 1.165) is 47.8 Å². The van der Waals surface area contributed by atoms with Crippen molar-refractivity contribution < 1.29 is 33.7 Å². The van der Waals surface area contributed by atoms with E-state index in [2.05, 4.69) is 43.7 Å². The van der Waals surface area contributed by atoms with E-state index in [4.69, 9.17) is 24.5 Å². The van der Waals surface area contributed by atoms with Crippen LogP contribution in [0, 0.1) is 33.5 Å². The minimum Gasteiger partial charge on any atom is -0.490 e. The topological polar surface area (TPSA) is 130 Å². The first-order valence-corrected chi connectivity index (χ1v) is 15.3. The zero-order chi connectivity index (χ0) is 35.4. The van der Waals surface area contributed by atoms with Gasteiger partial charge in [-0.05, 0) is 120 Å². The summed E-state index contributed by atoms with van der Waals surface area (Å²) in [5.74, 6) is 0.271. The van der Waals surface area contributed by atoms with Crippen molar-refractivity contribution in [1.82, 2.24) is 0 Å². The first-order valence-electron chi connectivity index (χ1n) is 15.3. The van der Waals surface area contributed by atoms with E-state index in [0.29, 0.717) is 12.4 Å². The molecule has 0 saturated heterocycles. The number of aldehydes is 1. The molecule has 0 bridgehead atoms. The Morgan fingerprint density at radius 2 is 1.59 bits per heavy atom. The van der Waals surface area contributed by atoms with Crippen LogP contribution in [0.4, 0.5) is 10.1 Å².